The normalized spacial score (nSPS) is 13.2. The second kappa shape index (κ2) is 5.20. The SMILES string of the molecule is Cc1nc(CNc2nc3c(cc2C(=O)O)CCC3)oc1C. The maximum atomic E-state index is 11.4. The average Bonchev–Trinajstić information content (AvgIpc) is 3.02. The number of nitrogens with one attached hydrogen (secondary N) is 1. The highest BCUT2D eigenvalue weighted by atomic mass is 16.4. The van der Waals surface area contributed by atoms with E-state index >= 15 is 0 Å². The zero-order chi connectivity index (χ0) is 15.0. The van der Waals surface area contributed by atoms with Gasteiger partial charge < -0.3 is 14.8 Å². The predicted molar refractivity (Wildman–Crippen MR) is 76.5 cm³/mol. The van der Waals surface area contributed by atoms with Crippen molar-refractivity contribution in [3.8, 4) is 0 Å². The van der Waals surface area contributed by atoms with E-state index in [4.69, 9.17) is 4.42 Å². The molecule has 2 aromatic heterocycles. The van der Waals surface area contributed by atoms with Crippen LogP contribution in [-0.4, -0.2) is 21.0 Å². The van der Waals surface area contributed by atoms with Gasteiger partial charge in [-0.2, -0.15) is 0 Å². The molecular formula is C15H17N3O3. The number of anilines is 1. The Hall–Kier alpha value is -2.37. The van der Waals surface area contributed by atoms with E-state index < -0.39 is 5.97 Å². The van der Waals surface area contributed by atoms with Gasteiger partial charge in [-0.1, -0.05) is 0 Å². The highest BCUT2D eigenvalue weighted by Gasteiger charge is 2.20. The van der Waals surface area contributed by atoms with Crippen molar-refractivity contribution in [3.63, 3.8) is 0 Å². The number of aromatic nitrogens is 2. The van der Waals surface area contributed by atoms with E-state index in [0.29, 0.717) is 18.3 Å². The minimum Gasteiger partial charge on any atom is -0.478 e. The van der Waals surface area contributed by atoms with E-state index in [1.54, 1.807) is 6.07 Å². The number of carboxylic acids is 1. The molecule has 6 nitrogen and oxygen atoms in total. The highest BCUT2D eigenvalue weighted by molar-refractivity contribution is 5.93. The summed E-state index contributed by atoms with van der Waals surface area (Å²) in [6.45, 7) is 4.04. The van der Waals surface area contributed by atoms with Crippen molar-refractivity contribution in [1.82, 2.24) is 9.97 Å². The second-order valence-electron chi connectivity index (χ2n) is 5.25. The van der Waals surface area contributed by atoms with Crippen LogP contribution in [0.4, 0.5) is 5.82 Å². The van der Waals surface area contributed by atoms with Crippen molar-refractivity contribution in [2.24, 2.45) is 0 Å². The maximum absolute atomic E-state index is 11.4. The number of aromatic carboxylic acids is 1. The van der Waals surface area contributed by atoms with Gasteiger partial charge in [0.05, 0.1) is 12.2 Å². The number of rotatable bonds is 4. The molecule has 0 saturated heterocycles. The first-order chi connectivity index (χ1) is 10.0. The Kier molecular flexibility index (Phi) is 3.37. The molecule has 0 amide bonds. The fourth-order valence-electron chi connectivity index (χ4n) is 2.54. The molecule has 0 saturated carbocycles. The van der Waals surface area contributed by atoms with Gasteiger partial charge in [-0.25, -0.2) is 14.8 Å². The molecule has 2 heterocycles. The number of carbonyl (C=O) groups is 1. The van der Waals surface area contributed by atoms with E-state index in [-0.39, 0.29) is 5.56 Å². The van der Waals surface area contributed by atoms with Crippen molar-refractivity contribution in [1.29, 1.82) is 0 Å². The summed E-state index contributed by atoms with van der Waals surface area (Å²) in [4.78, 5) is 20.1. The number of carboxylic acid groups (broad SMARTS) is 1. The molecule has 0 aliphatic heterocycles. The van der Waals surface area contributed by atoms with E-state index in [1.807, 2.05) is 13.8 Å². The Morgan fingerprint density at radius 3 is 2.86 bits per heavy atom. The second-order valence-corrected chi connectivity index (χ2v) is 5.25. The molecule has 0 atom stereocenters. The average molecular weight is 287 g/mol. The molecule has 1 aliphatic rings. The number of fused-ring (bicyclic) bond motifs is 1. The van der Waals surface area contributed by atoms with Crippen molar-refractivity contribution in [3.05, 3.63) is 40.2 Å². The summed E-state index contributed by atoms with van der Waals surface area (Å²) in [6, 6.07) is 1.73. The van der Waals surface area contributed by atoms with Crippen molar-refractivity contribution >= 4 is 11.8 Å². The minimum absolute atomic E-state index is 0.204. The third kappa shape index (κ3) is 2.61. The maximum Gasteiger partial charge on any atom is 0.339 e. The van der Waals surface area contributed by atoms with Crippen molar-refractivity contribution < 1.29 is 14.3 Å². The number of pyridine rings is 1. The first-order valence-electron chi connectivity index (χ1n) is 6.97. The number of oxazole rings is 1. The monoisotopic (exact) mass is 287 g/mol. The summed E-state index contributed by atoms with van der Waals surface area (Å²) in [5.74, 6) is 0.715. The van der Waals surface area contributed by atoms with Gasteiger partial charge in [0.15, 0.2) is 0 Å². The first kappa shape index (κ1) is 13.6. The summed E-state index contributed by atoms with van der Waals surface area (Å²) >= 11 is 0. The number of hydrogen-bond acceptors (Lipinski definition) is 5. The predicted octanol–water partition coefficient (Wildman–Crippen LogP) is 2.49. The van der Waals surface area contributed by atoms with Gasteiger partial charge in [-0.3, -0.25) is 0 Å². The third-order valence-corrected chi connectivity index (χ3v) is 3.76. The lowest BCUT2D eigenvalue weighted by Gasteiger charge is -2.09. The van der Waals surface area contributed by atoms with Crippen LogP contribution < -0.4 is 5.32 Å². The number of hydrogen-bond donors (Lipinski definition) is 2. The van der Waals surface area contributed by atoms with Crippen LogP contribution in [0.1, 0.15) is 45.4 Å². The van der Waals surface area contributed by atoms with Crippen molar-refractivity contribution in [2.75, 3.05) is 5.32 Å². The highest BCUT2D eigenvalue weighted by Crippen LogP contribution is 2.25. The van der Waals surface area contributed by atoms with Gasteiger partial charge in [-0.15, -0.1) is 0 Å². The van der Waals surface area contributed by atoms with Crippen LogP contribution in [0.3, 0.4) is 0 Å². The standard InChI is InChI=1S/C15H17N3O3/c1-8-9(2)21-13(17-8)7-16-14-11(15(19)20)6-10-4-3-5-12(10)18-14/h6H,3-5,7H2,1-2H3,(H,16,18)(H,19,20). The van der Waals surface area contributed by atoms with E-state index in [2.05, 4.69) is 15.3 Å². The summed E-state index contributed by atoms with van der Waals surface area (Å²) in [6.07, 6.45) is 2.84. The van der Waals surface area contributed by atoms with Crippen LogP contribution in [0.2, 0.25) is 0 Å². The fourth-order valence-corrected chi connectivity index (χ4v) is 2.54. The molecule has 0 unspecified atom stereocenters. The van der Waals surface area contributed by atoms with Crippen LogP contribution in [0.5, 0.6) is 0 Å². The molecule has 0 bridgehead atoms. The molecule has 2 N–H and O–H groups in total. The largest absolute Gasteiger partial charge is 0.478 e. The van der Waals surface area contributed by atoms with Gasteiger partial charge in [0.2, 0.25) is 5.89 Å². The molecule has 0 fully saturated rings. The van der Waals surface area contributed by atoms with Gasteiger partial charge in [0.1, 0.15) is 17.1 Å². The van der Waals surface area contributed by atoms with Crippen molar-refractivity contribution in [2.45, 2.75) is 39.7 Å². The number of aryl methyl sites for hydroxylation is 4. The lowest BCUT2D eigenvalue weighted by molar-refractivity contribution is 0.0697. The van der Waals surface area contributed by atoms with Crippen LogP contribution >= 0.6 is 0 Å². The summed E-state index contributed by atoms with van der Waals surface area (Å²) in [5.41, 5.74) is 3.07. The van der Waals surface area contributed by atoms with Crippen LogP contribution in [0, 0.1) is 13.8 Å². The zero-order valence-electron chi connectivity index (χ0n) is 12.1. The summed E-state index contributed by atoms with van der Waals surface area (Å²) in [7, 11) is 0. The quantitative estimate of drug-likeness (QED) is 0.898. The molecule has 1 aliphatic carbocycles. The van der Waals surface area contributed by atoms with Gasteiger partial charge >= 0.3 is 5.97 Å². The van der Waals surface area contributed by atoms with Gasteiger partial charge in [0, 0.05) is 5.69 Å². The van der Waals surface area contributed by atoms with E-state index in [9.17, 15) is 9.90 Å². The van der Waals surface area contributed by atoms with Gasteiger partial charge in [0.25, 0.3) is 0 Å². The zero-order valence-corrected chi connectivity index (χ0v) is 12.1. The Balaban J connectivity index is 1.85. The molecule has 110 valence electrons. The summed E-state index contributed by atoms with van der Waals surface area (Å²) in [5, 5.41) is 12.4. The molecule has 21 heavy (non-hydrogen) atoms. The Morgan fingerprint density at radius 1 is 1.38 bits per heavy atom. The molecule has 3 rings (SSSR count). The Labute approximate surface area is 122 Å². The Morgan fingerprint density at radius 2 is 2.19 bits per heavy atom. The minimum atomic E-state index is -0.973. The van der Waals surface area contributed by atoms with E-state index in [1.165, 1.54) is 0 Å². The van der Waals surface area contributed by atoms with Crippen LogP contribution in [0.15, 0.2) is 10.5 Å². The molecule has 0 aromatic carbocycles. The van der Waals surface area contributed by atoms with Crippen LogP contribution in [-0.2, 0) is 19.4 Å². The van der Waals surface area contributed by atoms with Crippen LogP contribution in [0.25, 0.3) is 0 Å². The molecule has 0 spiro atoms. The molecule has 2 aromatic rings. The third-order valence-electron chi connectivity index (χ3n) is 3.76. The molecule has 0 radical (unpaired) electrons. The van der Waals surface area contributed by atoms with Gasteiger partial charge in [-0.05, 0) is 44.7 Å². The smallest absolute Gasteiger partial charge is 0.339 e. The van der Waals surface area contributed by atoms with E-state index in [0.717, 1.165) is 42.0 Å². The number of nitrogens with zero attached hydrogens (tertiary/aromatic N) is 2. The molecule has 6 heteroatoms. The molecular weight excluding hydrogens is 270 g/mol. The Bertz CT molecular complexity index is 687. The fraction of sp³-hybridized carbons (Fsp3) is 0.400. The topological polar surface area (TPSA) is 88.2 Å². The lowest BCUT2D eigenvalue weighted by Crippen LogP contribution is -2.10. The summed E-state index contributed by atoms with van der Waals surface area (Å²) < 4.78 is 5.48. The first-order valence-corrected chi connectivity index (χ1v) is 6.97. The lowest BCUT2D eigenvalue weighted by atomic mass is 10.1.